The molecular weight excluding hydrogens is 409 g/mol. The van der Waals surface area contributed by atoms with Crippen LogP contribution in [0.5, 0.6) is 0 Å². The Morgan fingerprint density at radius 3 is 2.69 bits per heavy atom. The van der Waals surface area contributed by atoms with Crippen molar-refractivity contribution in [2.24, 2.45) is 12.8 Å². The van der Waals surface area contributed by atoms with Crippen LogP contribution in [0.1, 0.15) is 16.8 Å². The molecule has 0 amide bonds. The summed E-state index contributed by atoms with van der Waals surface area (Å²) in [5, 5.41) is 3.92. The highest BCUT2D eigenvalue weighted by molar-refractivity contribution is 6.37. The lowest BCUT2D eigenvalue weighted by atomic mass is 10.1. The number of imidazole rings is 1. The highest BCUT2D eigenvalue weighted by atomic mass is 35.5. The molecule has 0 aliphatic rings. The number of aldehydes is 1. The molecule has 0 spiro atoms. The summed E-state index contributed by atoms with van der Waals surface area (Å²) in [4.78, 5) is 19.9. The lowest BCUT2D eigenvalue weighted by Gasteiger charge is -2.07. The van der Waals surface area contributed by atoms with E-state index in [1.165, 1.54) is 0 Å². The van der Waals surface area contributed by atoms with Gasteiger partial charge in [-0.1, -0.05) is 29.3 Å². The Hall–Kier alpha value is -3.09. The summed E-state index contributed by atoms with van der Waals surface area (Å²) in [6.45, 7) is 0. The minimum atomic E-state index is 0.251. The number of carbonyl (C=O) groups is 1. The Bertz CT molecular complexity index is 1070. The molecule has 0 bridgehead atoms. The molecule has 0 saturated heterocycles. The van der Waals surface area contributed by atoms with E-state index in [1.807, 2.05) is 23.9 Å². The Kier molecular flexibility index (Phi) is 6.69. The largest absolute Gasteiger partial charge is 0.397 e. The van der Waals surface area contributed by atoms with Gasteiger partial charge in [-0.15, -0.1) is 0 Å². The maximum Gasteiger partial charge on any atom is 0.124 e. The van der Waals surface area contributed by atoms with Gasteiger partial charge < -0.3 is 20.4 Å². The van der Waals surface area contributed by atoms with E-state index >= 15 is 0 Å². The van der Waals surface area contributed by atoms with Crippen molar-refractivity contribution in [1.82, 2.24) is 19.9 Å². The molecule has 0 saturated carbocycles. The number of aromatic nitrogens is 3. The molecule has 3 aromatic rings. The first-order valence-corrected chi connectivity index (χ1v) is 9.48. The number of benzene rings is 1. The number of pyridine rings is 1. The first-order chi connectivity index (χ1) is 14.0. The summed E-state index contributed by atoms with van der Waals surface area (Å²) in [7, 11) is 1.90. The lowest BCUT2D eigenvalue weighted by Crippen LogP contribution is -2.04. The van der Waals surface area contributed by atoms with Crippen LogP contribution in [0.15, 0.2) is 55.4 Å². The fourth-order valence-electron chi connectivity index (χ4n) is 2.74. The van der Waals surface area contributed by atoms with Crippen molar-refractivity contribution in [3.05, 3.63) is 82.3 Å². The van der Waals surface area contributed by atoms with Crippen molar-refractivity contribution in [2.75, 3.05) is 0 Å². The fraction of sp³-hybridized carbons (Fsp3) is 0.0952. The van der Waals surface area contributed by atoms with Crippen LogP contribution < -0.4 is 11.1 Å². The second-order valence-electron chi connectivity index (χ2n) is 6.26. The van der Waals surface area contributed by atoms with Crippen LogP contribution in [0.2, 0.25) is 10.0 Å². The Morgan fingerprint density at radius 1 is 1.28 bits per heavy atom. The number of nitrogens with zero attached hydrogens (tertiary/aromatic N) is 3. The van der Waals surface area contributed by atoms with E-state index in [2.05, 4.69) is 15.3 Å². The van der Waals surface area contributed by atoms with E-state index in [-0.39, 0.29) is 6.42 Å². The van der Waals surface area contributed by atoms with Gasteiger partial charge in [-0.2, -0.15) is 0 Å². The van der Waals surface area contributed by atoms with Crippen LogP contribution in [0.3, 0.4) is 0 Å². The normalized spacial score (nSPS) is 11.8. The van der Waals surface area contributed by atoms with Crippen molar-refractivity contribution in [1.29, 1.82) is 0 Å². The average Bonchev–Trinajstić information content (AvgIpc) is 3.12. The summed E-state index contributed by atoms with van der Waals surface area (Å²) in [6, 6.07) is 7.11. The maximum atomic E-state index is 11.1. The number of hydrogen-bond acceptors (Lipinski definition) is 5. The van der Waals surface area contributed by atoms with E-state index in [4.69, 9.17) is 28.9 Å². The number of hydrogen-bond donors (Lipinski definition) is 2. The number of halogens is 2. The SMILES string of the molecule is Cn1cnc(-c2cnc(/C=C\N/C=C(\N)c3c(Cl)cccc3Cl)c(CC=O)c2)c1. The second-order valence-corrected chi connectivity index (χ2v) is 7.07. The van der Waals surface area contributed by atoms with Crippen molar-refractivity contribution < 1.29 is 4.79 Å². The molecule has 2 heterocycles. The zero-order valence-corrected chi connectivity index (χ0v) is 17.2. The molecule has 0 aliphatic carbocycles. The van der Waals surface area contributed by atoms with Gasteiger partial charge in [0.2, 0.25) is 0 Å². The number of nitrogens with one attached hydrogen (secondary N) is 1. The van der Waals surface area contributed by atoms with Gasteiger partial charge in [0.25, 0.3) is 0 Å². The molecule has 29 heavy (non-hydrogen) atoms. The van der Waals surface area contributed by atoms with Gasteiger partial charge >= 0.3 is 0 Å². The molecule has 3 N–H and O–H groups in total. The van der Waals surface area contributed by atoms with Crippen LogP contribution >= 0.6 is 23.2 Å². The first kappa shape index (κ1) is 20.6. The smallest absolute Gasteiger partial charge is 0.124 e. The molecule has 0 radical (unpaired) electrons. The van der Waals surface area contributed by atoms with Crippen molar-refractivity contribution in [3.63, 3.8) is 0 Å². The molecule has 8 heteroatoms. The third-order valence-corrected chi connectivity index (χ3v) is 4.76. The van der Waals surface area contributed by atoms with Crippen LogP contribution in [-0.2, 0) is 18.3 Å². The molecule has 1 aromatic carbocycles. The highest BCUT2D eigenvalue weighted by Gasteiger charge is 2.08. The Labute approximate surface area is 178 Å². The number of aryl methyl sites for hydroxylation is 1. The minimum Gasteiger partial charge on any atom is -0.397 e. The van der Waals surface area contributed by atoms with Crippen molar-refractivity contribution in [3.8, 4) is 11.3 Å². The van der Waals surface area contributed by atoms with Crippen LogP contribution in [-0.4, -0.2) is 20.8 Å². The van der Waals surface area contributed by atoms with Crippen molar-refractivity contribution in [2.45, 2.75) is 6.42 Å². The molecule has 6 nitrogen and oxygen atoms in total. The molecule has 2 aromatic heterocycles. The molecule has 0 aliphatic heterocycles. The van der Waals surface area contributed by atoms with E-state index in [9.17, 15) is 4.79 Å². The summed E-state index contributed by atoms with van der Waals surface area (Å²) in [6.07, 6.45) is 11.5. The van der Waals surface area contributed by atoms with Gasteiger partial charge in [0.15, 0.2) is 0 Å². The van der Waals surface area contributed by atoms with Crippen LogP contribution in [0.4, 0.5) is 0 Å². The summed E-state index contributed by atoms with van der Waals surface area (Å²) in [5.41, 5.74) is 10.2. The first-order valence-electron chi connectivity index (χ1n) is 8.73. The predicted octanol–water partition coefficient (Wildman–Crippen LogP) is 4.05. The standard InChI is InChI=1S/C21H19Cl2N5O/c1-28-12-20(27-13-28)15-9-14(6-8-29)19(26-10-15)5-7-25-11-18(24)21-16(22)3-2-4-17(21)23/h2-5,7-13,25H,6,24H2,1H3/b7-5-,18-11-. The topological polar surface area (TPSA) is 85.8 Å². The number of nitrogens with two attached hydrogens (primary N) is 1. The zero-order valence-electron chi connectivity index (χ0n) is 15.6. The fourth-order valence-corrected chi connectivity index (χ4v) is 3.35. The Morgan fingerprint density at radius 2 is 2.03 bits per heavy atom. The number of rotatable bonds is 7. The van der Waals surface area contributed by atoms with Gasteiger partial charge in [-0.05, 0) is 29.8 Å². The molecule has 0 fully saturated rings. The predicted molar refractivity (Wildman–Crippen MR) is 117 cm³/mol. The van der Waals surface area contributed by atoms with Gasteiger partial charge in [0.1, 0.15) is 6.29 Å². The van der Waals surface area contributed by atoms with Crippen LogP contribution in [0.25, 0.3) is 23.0 Å². The molecular formula is C21H19Cl2N5O. The van der Waals surface area contributed by atoms with E-state index < -0.39 is 0 Å². The van der Waals surface area contributed by atoms with Gasteiger partial charge in [0.05, 0.1) is 33.5 Å². The third kappa shape index (κ3) is 5.04. The summed E-state index contributed by atoms with van der Waals surface area (Å²) >= 11 is 12.3. The molecule has 148 valence electrons. The number of carbonyl (C=O) groups excluding carboxylic acids is 1. The summed E-state index contributed by atoms with van der Waals surface area (Å²) < 4.78 is 1.86. The minimum absolute atomic E-state index is 0.251. The maximum absolute atomic E-state index is 11.1. The third-order valence-electron chi connectivity index (χ3n) is 4.13. The van der Waals surface area contributed by atoms with Crippen molar-refractivity contribution >= 4 is 41.3 Å². The Balaban J connectivity index is 1.78. The quantitative estimate of drug-likeness (QED) is 0.555. The molecule has 3 rings (SSSR count). The second kappa shape index (κ2) is 9.41. The van der Waals surface area contributed by atoms with Gasteiger partial charge in [-0.25, -0.2) is 4.98 Å². The molecule has 0 atom stereocenters. The lowest BCUT2D eigenvalue weighted by molar-refractivity contribution is -0.107. The van der Waals surface area contributed by atoms with E-state index in [1.54, 1.807) is 49.2 Å². The van der Waals surface area contributed by atoms with Gasteiger partial charge in [-0.3, -0.25) is 4.98 Å². The van der Waals surface area contributed by atoms with Crippen LogP contribution in [0, 0.1) is 0 Å². The van der Waals surface area contributed by atoms with Gasteiger partial charge in [0, 0.05) is 49.4 Å². The summed E-state index contributed by atoms with van der Waals surface area (Å²) in [5.74, 6) is 0. The molecule has 0 unspecified atom stereocenters. The monoisotopic (exact) mass is 427 g/mol. The average molecular weight is 428 g/mol. The van der Waals surface area contributed by atoms with E-state index in [0.717, 1.165) is 23.1 Å². The highest BCUT2D eigenvalue weighted by Crippen LogP contribution is 2.28. The zero-order chi connectivity index (χ0) is 20.8. The van der Waals surface area contributed by atoms with E-state index in [0.29, 0.717) is 27.0 Å².